The Morgan fingerprint density at radius 3 is 2.75 bits per heavy atom. The molecule has 2 aliphatic rings. The van der Waals surface area contributed by atoms with Crippen molar-refractivity contribution in [1.29, 1.82) is 5.26 Å². The first-order chi connectivity index (χ1) is 11.7. The summed E-state index contributed by atoms with van der Waals surface area (Å²) in [5.74, 6) is 0.0334. The molecule has 2 aliphatic heterocycles. The smallest absolute Gasteiger partial charge is 0.261 e. The number of nitrogens with zero attached hydrogens (tertiary/aromatic N) is 1. The van der Waals surface area contributed by atoms with E-state index in [2.05, 4.69) is 16.7 Å². The number of amides is 1. The Labute approximate surface area is 149 Å². The molecule has 1 aromatic heterocycles. The maximum atomic E-state index is 12.5. The fourth-order valence-electron chi connectivity index (χ4n) is 3.43. The van der Waals surface area contributed by atoms with E-state index in [1.807, 2.05) is 36.4 Å². The number of nitriles is 1. The monoisotopic (exact) mass is 355 g/mol. The first-order valence-electron chi connectivity index (χ1n) is 8.06. The van der Waals surface area contributed by atoms with Crippen LogP contribution in [0.25, 0.3) is 0 Å². The van der Waals surface area contributed by atoms with E-state index < -0.39 is 0 Å². The minimum atomic E-state index is 0.0334. The quantitative estimate of drug-likeness (QED) is 0.882. The van der Waals surface area contributed by atoms with E-state index in [9.17, 15) is 4.79 Å². The predicted molar refractivity (Wildman–Crippen MR) is 95.4 cm³/mol. The molecule has 1 amide bonds. The van der Waals surface area contributed by atoms with Crippen molar-refractivity contribution in [2.24, 2.45) is 0 Å². The summed E-state index contributed by atoms with van der Waals surface area (Å²) in [6.07, 6.45) is 3.45. The first-order valence-corrected chi connectivity index (χ1v) is 9.69. The van der Waals surface area contributed by atoms with Crippen LogP contribution in [0.1, 0.15) is 34.5 Å². The van der Waals surface area contributed by atoms with E-state index in [0.29, 0.717) is 17.6 Å². The number of carbonyl (C=O) groups is 1. The van der Waals surface area contributed by atoms with Gasteiger partial charge in [0.05, 0.1) is 20.7 Å². The van der Waals surface area contributed by atoms with Gasteiger partial charge in [-0.05, 0) is 55.7 Å². The van der Waals surface area contributed by atoms with Crippen LogP contribution in [0.5, 0.6) is 0 Å². The summed E-state index contributed by atoms with van der Waals surface area (Å²) in [5.41, 5.74) is 0.657. The van der Waals surface area contributed by atoms with Gasteiger partial charge in [-0.1, -0.05) is 11.8 Å². The highest BCUT2D eigenvalue weighted by atomic mass is 32.2. The molecule has 24 heavy (non-hydrogen) atoms. The summed E-state index contributed by atoms with van der Waals surface area (Å²) in [7, 11) is 0. The van der Waals surface area contributed by atoms with Gasteiger partial charge in [-0.25, -0.2) is 0 Å². The zero-order chi connectivity index (χ0) is 16.5. The van der Waals surface area contributed by atoms with Gasteiger partial charge in [0, 0.05) is 23.0 Å². The molecule has 0 saturated carbocycles. The van der Waals surface area contributed by atoms with Gasteiger partial charge in [-0.3, -0.25) is 4.79 Å². The van der Waals surface area contributed by atoms with E-state index in [1.165, 1.54) is 24.2 Å². The number of carbonyl (C=O) groups excluding carboxylic acids is 1. The van der Waals surface area contributed by atoms with Crippen LogP contribution in [0.3, 0.4) is 0 Å². The van der Waals surface area contributed by atoms with Crippen molar-refractivity contribution < 1.29 is 4.79 Å². The Hall–Kier alpha value is -1.81. The molecule has 2 N–H and O–H groups in total. The molecule has 1 aromatic carbocycles. The predicted octanol–water partition coefficient (Wildman–Crippen LogP) is 3.39. The molecule has 0 radical (unpaired) electrons. The summed E-state index contributed by atoms with van der Waals surface area (Å²) in [6, 6.07) is 14.8. The van der Waals surface area contributed by atoms with Crippen molar-refractivity contribution in [3.63, 3.8) is 0 Å². The molecule has 0 spiro atoms. The molecule has 4 rings (SSSR count). The molecular weight excluding hydrogens is 338 g/mol. The average Bonchev–Trinajstić information content (AvgIpc) is 3.32. The number of hydrogen-bond donors (Lipinski definition) is 2. The van der Waals surface area contributed by atoms with Gasteiger partial charge >= 0.3 is 0 Å². The molecule has 3 atom stereocenters. The van der Waals surface area contributed by atoms with Crippen LogP contribution in [-0.4, -0.2) is 24.0 Å². The van der Waals surface area contributed by atoms with Crippen LogP contribution in [-0.2, 0) is 0 Å². The second kappa shape index (κ2) is 6.60. The summed E-state index contributed by atoms with van der Waals surface area (Å²) in [5, 5.41) is 15.6. The SMILES string of the molecule is N#Cc1ccc(Sc2ccc(C(=O)N[C@@H]3C[C@H]4CC[C@@H]3N4)s2)cc1. The lowest BCUT2D eigenvalue weighted by Gasteiger charge is -2.20. The molecule has 0 aliphatic carbocycles. The van der Waals surface area contributed by atoms with Crippen LogP contribution in [0.2, 0.25) is 0 Å². The minimum absolute atomic E-state index is 0.0334. The van der Waals surface area contributed by atoms with Crippen LogP contribution in [0.15, 0.2) is 45.5 Å². The van der Waals surface area contributed by atoms with Crippen molar-refractivity contribution >= 4 is 29.0 Å². The Kier molecular flexibility index (Phi) is 4.31. The number of rotatable bonds is 4. The molecule has 6 heteroatoms. The van der Waals surface area contributed by atoms with Crippen molar-refractivity contribution in [3.8, 4) is 6.07 Å². The lowest BCUT2D eigenvalue weighted by molar-refractivity contribution is 0.0935. The van der Waals surface area contributed by atoms with Crippen molar-refractivity contribution in [3.05, 3.63) is 46.8 Å². The van der Waals surface area contributed by atoms with Crippen LogP contribution in [0.4, 0.5) is 0 Å². The highest BCUT2D eigenvalue weighted by molar-refractivity contribution is 8.01. The molecule has 2 bridgehead atoms. The maximum absolute atomic E-state index is 12.5. The molecule has 122 valence electrons. The van der Waals surface area contributed by atoms with Crippen LogP contribution < -0.4 is 10.6 Å². The normalized spacial score (nSPS) is 24.7. The van der Waals surface area contributed by atoms with E-state index in [1.54, 1.807) is 11.8 Å². The van der Waals surface area contributed by atoms with E-state index in [4.69, 9.17) is 5.26 Å². The number of thiophene rings is 1. The topological polar surface area (TPSA) is 64.9 Å². The Morgan fingerprint density at radius 1 is 1.25 bits per heavy atom. The van der Waals surface area contributed by atoms with E-state index in [0.717, 1.165) is 20.4 Å². The second-order valence-corrected chi connectivity index (χ2v) is 8.68. The Bertz CT molecular complexity index is 793. The van der Waals surface area contributed by atoms with Crippen molar-refractivity contribution in [2.75, 3.05) is 0 Å². The fraction of sp³-hybridized carbons (Fsp3) is 0.333. The first kappa shape index (κ1) is 15.7. The fourth-order valence-corrected chi connectivity index (χ4v) is 5.44. The molecule has 0 unspecified atom stereocenters. The summed E-state index contributed by atoms with van der Waals surface area (Å²) >= 11 is 3.13. The molecule has 3 heterocycles. The summed E-state index contributed by atoms with van der Waals surface area (Å²) in [6.45, 7) is 0. The minimum Gasteiger partial charge on any atom is -0.347 e. The van der Waals surface area contributed by atoms with Gasteiger partial charge in [0.2, 0.25) is 0 Å². The molecule has 2 fully saturated rings. The van der Waals surface area contributed by atoms with Crippen LogP contribution >= 0.6 is 23.1 Å². The molecule has 2 aromatic rings. The van der Waals surface area contributed by atoms with Gasteiger partial charge in [-0.15, -0.1) is 11.3 Å². The molecule has 2 saturated heterocycles. The van der Waals surface area contributed by atoms with Gasteiger partial charge in [0.15, 0.2) is 0 Å². The standard InChI is InChI=1S/C18H17N3OS2/c19-10-11-1-4-13(5-2-11)23-17-8-7-16(24-17)18(22)21-15-9-12-3-6-14(15)20-12/h1-2,4-5,7-8,12,14-15,20H,3,6,9H2,(H,21,22)/t12-,14+,15-/m1/s1. The largest absolute Gasteiger partial charge is 0.347 e. The third-order valence-corrected chi connectivity index (χ3v) is 6.85. The maximum Gasteiger partial charge on any atom is 0.261 e. The molecule has 4 nitrogen and oxygen atoms in total. The van der Waals surface area contributed by atoms with Gasteiger partial charge in [-0.2, -0.15) is 5.26 Å². The highest BCUT2D eigenvalue weighted by Gasteiger charge is 2.39. The average molecular weight is 355 g/mol. The van der Waals surface area contributed by atoms with E-state index in [-0.39, 0.29) is 11.9 Å². The van der Waals surface area contributed by atoms with E-state index >= 15 is 0 Å². The Morgan fingerprint density at radius 2 is 2.08 bits per heavy atom. The number of hydrogen-bond acceptors (Lipinski definition) is 5. The van der Waals surface area contributed by atoms with Crippen molar-refractivity contribution in [1.82, 2.24) is 10.6 Å². The van der Waals surface area contributed by atoms with Gasteiger partial charge in [0.25, 0.3) is 5.91 Å². The Balaban J connectivity index is 1.38. The number of benzene rings is 1. The second-order valence-electron chi connectivity index (χ2n) is 6.22. The number of nitrogens with one attached hydrogen (secondary N) is 2. The van der Waals surface area contributed by atoms with Gasteiger partial charge in [0.1, 0.15) is 0 Å². The van der Waals surface area contributed by atoms with Crippen molar-refractivity contribution in [2.45, 2.75) is 46.5 Å². The third kappa shape index (κ3) is 3.20. The van der Waals surface area contributed by atoms with Crippen LogP contribution in [0, 0.1) is 11.3 Å². The zero-order valence-electron chi connectivity index (χ0n) is 13.0. The number of fused-ring (bicyclic) bond motifs is 2. The molecular formula is C18H17N3OS2. The van der Waals surface area contributed by atoms with Gasteiger partial charge < -0.3 is 10.6 Å². The summed E-state index contributed by atoms with van der Waals surface area (Å²) in [4.78, 5) is 14.3. The third-order valence-electron chi connectivity index (χ3n) is 4.62. The lowest BCUT2D eigenvalue weighted by Crippen LogP contribution is -2.42. The highest BCUT2D eigenvalue weighted by Crippen LogP contribution is 2.34. The lowest BCUT2D eigenvalue weighted by atomic mass is 9.95. The zero-order valence-corrected chi connectivity index (χ0v) is 14.6. The summed E-state index contributed by atoms with van der Waals surface area (Å²) < 4.78 is 1.08.